The zero-order chi connectivity index (χ0) is 20.4. The number of para-hydroxylation sites is 2. The van der Waals surface area contributed by atoms with Crippen LogP contribution in [0.4, 0.5) is 0 Å². The van der Waals surface area contributed by atoms with Crippen LogP contribution in [0, 0.1) is 6.92 Å². The van der Waals surface area contributed by atoms with E-state index in [1.807, 2.05) is 0 Å². The topological polar surface area (TPSA) is 23.4 Å². The van der Waals surface area contributed by atoms with Gasteiger partial charge in [0.1, 0.15) is 0 Å². The molecule has 0 bridgehead atoms. The van der Waals surface area contributed by atoms with Crippen molar-refractivity contribution < 1.29 is 9.31 Å². The van der Waals surface area contributed by atoms with Crippen molar-refractivity contribution in [3.63, 3.8) is 0 Å². The molecule has 1 fully saturated rings. The van der Waals surface area contributed by atoms with Crippen molar-refractivity contribution >= 4 is 34.4 Å². The molecule has 0 atom stereocenters. The quantitative estimate of drug-likeness (QED) is 0.433. The summed E-state index contributed by atoms with van der Waals surface area (Å²) < 4.78 is 14.8. The Morgan fingerprint density at radius 2 is 1.24 bits per heavy atom. The lowest BCUT2D eigenvalue weighted by Gasteiger charge is -2.32. The van der Waals surface area contributed by atoms with Gasteiger partial charge in [-0.05, 0) is 63.8 Å². The Morgan fingerprint density at radius 3 is 1.76 bits per heavy atom. The van der Waals surface area contributed by atoms with Gasteiger partial charge in [-0.15, -0.1) is 0 Å². The average Bonchev–Trinajstić information content (AvgIpc) is 3.12. The van der Waals surface area contributed by atoms with Crippen LogP contribution >= 0.6 is 0 Å². The summed E-state index contributed by atoms with van der Waals surface area (Å²) in [5.74, 6) is 0. The number of hydrogen-bond acceptors (Lipinski definition) is 2. The highest BCUT2D eigenvalue weighted by Gasteiger charge is 2.51. The number of fused-ring (bicyclic) bond motifs is 3. The molecule has 1 saturated heterocycles. The third kappa shape index (κ3) is 2.74. The summed E-state index contributed by atoms with van der Waals surface area (Å²) in [6.07, 6.45) is 0. The SMILES string of the molecule is Cc1cc(B2OC(C)(C)C(C)(C)O2)ccc1-n1c2ccccc2c2ccccc21. The van der Waals surface area contributed by atoms with E-state index in [1.165, 1.54) is 33.1 Å². The van der Waals surface area contributed by atoms with E-state index in [2.05, 4.69) is 106 Å². The molecule has 4 aromatic rings. The number of aromatic nitrogens is 1. The van der Waals surface area contributed by atoms with Gasteiger partial charge < -0.3 is 13.9 Å². The minimum Gasteiger partial charge on any atom is -0.399 e. The number of benzene rings is 3. The Balaban J connectivity index is 1.64. The molecule has 0 saturated carbocycles. The summed E-state index contributed by atoms with van der Waals surface area (Å²) in [5, 5.41) is 2.55. The highest BCUT2D eigenvalue weighted by Crippen LogP contribution is 2.37. The number of hydrogen-bond donors (Lipinski definition) is 0. The predicted molar refractivity (Wildman–Crippen MR) is 121 cm³/mol. The molecule has 3 nitrogen and oxygen atoms in total. The van der Waals surface area contributed by atoms with Crippen molar-refractivity contribution in [2.45, 2.75) is 45.8 Å². The van der Waals surface area contributed by atoms with E-state index in [0.29, 0.717) is 0 Å². The first kappa shape index (κ1) is 18.5. The van der Waals surface area contributed by atoms with Gasteiger partial charge in [0.15, 0.2) is 0 Å². The summed E-state index contributed by atoms with van der Waals surface area (Å²) in [5.41, 5.74) is 5.21. The lowest BCUT2D eigenvalue weighted by atomic mass is 9.78. The lowest BCUT2D eigenvalue weighted by molar-refractivity contribution is 0.00578. The van der Waals surface area contributed by atoms with Gasteiger partial charge in [-0.25, -0.2) is 0 Å². The molecule has 0 radical (unpaired) electrons. The largest absolute Gasteiger partial charge is 0.494 e. The van der Waals surface area contributed by atoms with E-state index in [-0.39, 0.29) is 18.3 Å². The van der Waals surface area contributed by atoms with E-state index >= 15 is 0 Å². The van der Waals surface area contributed by atoms with Gasteiger partial charge in [0.2, 0.25) is 0 Å². The third-order valence-electron chi connectivity index (χ3n) is 6.57. The summed E-state index contributed by atoms with van der Waals surface area (Å²) in [6, 6.07) is 23.7. The van der Waals surface area contributed by atoms with Crippen LogP contribution in [0.15, 0.2) is 66.7 Å². The molecule has 0 N–H and O–H groups in total. The molecule has 1 aliphatic rings. The van der Waals surface area contributed by atoms with Crippen molar-refractivity contribution in [1.82, 2.24) is 4.57 Å². The summed E-state index contributed by atoms with van der Waals surface area (Å²) in [7, 11) is -0.342. The van der Waals surface area contributed by atoms with E-state index in [4.69, 9.17) is 9.31 Å². The van der Waals surface area contributed by atoms with Gasteiger partial charge in [-0.1, -0.05) is 48.5 Å². The van der Waals surface area contributed by atoms with Crippen molar-refractivity contribution in [2.75, 3.05) is 0 Å². The van der Waals surface area contributed by atoms with Crippen LogP contribution in [-0.4, -0.2) is 22.9 Å². The molecule has 5 rings (SSSR count). The van der Waals surface area contributed by atoms with Gasteiger partial charge in [0, 0.05) is 16.5 Å². The molecule has 3 aromatic carbocycles. The minimum absolute atomic E-state index is 0.336. The first-order valence-corrected chi connectivity index (χ1v) is 10.2. The van der Waals surface area contributed by atoms with Crippen LogP contribution in [0.3, 0.4) is 0 Å². The summed E-state index contributed by atoms with van der Waals surface area (Å²) >= 11 is 0. The van der Waals surface area contributed by atoms with Crippen molar-refractivity contribution in [2.24, 2.45) is 0 Å². The normalized spacial score (nSPS) is 18.0. The van der Waals surface area contributed by atoms with Crippen LogP contribution in [0.5, 0.6) is 0 Å². The third-order valence-corrected chi connectivity index (χ3v) is 6.57. The van der Waals surface area contributed by atoms with Crippen LogP contribution in [0.2, 0.25) is 0 Å². The van der Waals surface area contributed by atoms with Crippen LogP contribution in [0.25, 0.3) is 27.5 Å². The van der Waals surface area contributed by atoms with E-state index in [9.17, 15) is 0 Å². The molecule has 146 valence electrons. The van der Waals surface area contributed by atoms with Gasteiger partial charge in [-0.3, -0.25) is 0 Å². The van der Waals surface area contributed by atoms with E-state index < -0.39 is 0 Å². The maximum atomic E-state index is 6.25. The zero-order valence-electron chi connectivity index (χ0n) is 17.7. The van der Waals surface area contributed by atoms with Crippen molar-refractivity contribution in [1.29, 1.82) is 0 Å². The zero-order valence-corrected chi connectivity index (χ0v) is 17.7. The molecular weight excluding hydrogens is 357 g/mol. The molecule has 0 unspecified atom stereocenters. The Bertz CT molecular complexity index is 1170. The van der Waals surface area contributed by atoms with Crippen LogP contribution in [-0.2, 0) is 9.31 Å². The number of nitrogens with zero attached hydrogens (tertiary/aromatic N) is 1. The fraction of sp³-hybridized carbons (Fsp3) is 0.280. The second-order valence-electron chi connectivity index (χ2n) is 9.00. The van der Waals surface area contributed by atoms with Gasteiger partial charge in [-0.2, -0.15) is 0 Å². The molecule has 2 heterocycles. The summed E-state index contributed by atoms with van der Waals surface area (Å²) in [6.45, 7) is 10.5. The Kier molecular flexibility index (Phi) is 3.96. The fourth-order valence-electron chi connectivity index (χ4n) is 4.24. The average molecular weight is 383 g/mol. The Labute approximate surface area is 172 Å². The van der Waals surface area contributed by atoms with E-state index in [1.54, 1.807) is 0 Å². The molecule has 1 aromatic heterocycles. The lowest BCUT2D eigenvalue weighted by Crippen LogP contribution is -2.41. The van der Waals surface area contributed by atoms with Crippen LogP contribution in [0.1, 0.15) is 33.3 Å². The van der Waals surface area contributed by atoms with Gasteiger partial charge in [0.25, 0.3) is 0 Å². The molecule has 29 heavy (non-hydrogen) atoms. The second kappa shape index (κ2) is 6.22. The van der Waals surface area contributed by atoms with Gasteiger partial charge >= 0.3 is 7.12 Å². The maximum Gasteiger partial charge on any atom is 0.494 e. The number of rotatable bonds is 2. The number of aryl methyl sites for hydroxylation is 1. The standard InChI is InChI=1S/C25H26BNO2/c1-17-16-18(26-28-24(2,3)25(4,5)29-26)14-15-21(17)27-22-12-8-6-10-19(22)20-11-7-9-13-23(20)27/h6-16H,1-5H3. The molecule has 0 spiro atoms. The molecule has 1 aliphatic heterocycles. The maximum absolute atomic E-state index is 6.25. The Hall–Kier alpha value is -2.56. The highest BCUT2D eigenvalue weighted by atomic mass is 16.7. The minimum atomic E-state index is -0.342. The van der Waals surface area contributed by atoms with Gasteiger partial charge in [0.05, 0.1) is 22.2 Å². The van der Waals surface area contributed by atoms with Crippen molar-refractivity contribution in [3.8, 4) is 5.69 Å². The smallest absolute Gasteiger partial charge is 0.399 e. The van der Waals surface area contributed by atoms with E-state index in [0.717, 1.165) is 5.46 Å². The molecule has 0 aliphatic carbocycles. The second-order valence-corrected chi connectivity index (χ2v) is 9.00. The molecular formula is C25H26BNO2. The monoisotopic (exact) mass is 383 g/mol. The first-order valence-electron chi connectivity index (χ1n) is 10.2. The van der Waals surface area contributed by atoms with Crippen LogP contribution < -0.4 is 5.46 Å². The first-order chi connectivity index (χ1) is 13.8. The Morgan fingerprint density at radius 1 is 0.724 bits per heavy atom. The molecule has 4 heteroatoms. The van der Waals surface area contributed by atoms with Crippen molar-refractivity contribution in [3.05, 3.63) is 72.3 Å². The molecule has 0 amide bonds. The predicted octanol–water partition coefficient (Wildman–Crippen LogP) is 5.39. The summed E-state index contributed by atoms with van der Waals surface area (Å²) in [4.78, 5) is 0. The highest BCUT2D eigenvalue weighted by molar-refractivity contribution is 6.62. The fourth-order valence-corrected chi connectivity index (χ4v) is 4.24.